The first-order valence-electron chi connectivity index (χ1n) is 10.2. The molecule has 4 aromatic carbocycles. The molecule has 0 fully saturated rings. The highest BCUT2D eigenvalue weighted by molar-refractivity contribution is 6.09. The second-order valence-electron chi connectivity index (χ2n) is 7.01. The molecule has 0 amide bonds. The van der Waals surface area contributed by atoms with Crippen LogP contribution in [0, 0.1) is 10.8 Å². The Morgan fingerprint density at radius 2 is 0.812 bits per heavy atom. The minimum atomic E-state index is -0.278. The number of rotatable bonds is 5. The predicted octanol–water partition coefficient (Wildman–Crippen LogP) is 5.71. The fraction of sp³-hybridized carbons (Fsp3) is 0. The van der Waals surface area contributed by atoms with Crippen molar-refractivity contribution < 1.29 is 0 Å². The predicted molar refractivity (Wildman–Crippen MR) is 132 cm³/mol. The Kier molecular flexibility index (Phi) is 6.13. The van der Waals surface area contributed by atoms with Crippen molar-refractivity contribution in [1.29, 1.82) is 10.8 Å². The first-order chi connectivity index (χ1) is 15.7. The molecule has 0 aliphatic heterocycles. The quantitative estimate of drug-likeness (QED) is 0.219. The highest BCUT2D eigenvalue weighted by Gasteiger charge is 2.29. The molecule has 0 saturated carbocycles. The van der Waals surface area contributed by atoms with E-state index in [1.165, 1.54) is 5.01 Å². The number of nitrogens with one attached hydrogen (secondary N) is 2. The van der Waals surface area contributed by atoms with Gasteiger partial charge in [0.05, 0.1) is 11.4 Å². The van der Waals surface area contributed by atoms with Gasteiger partial charge in [0.15, 0.2) is 0 Å². The molecule has 4 rings (SSSR count). The van der Waals surface area contributed by atoms with Crippen LogP contribution >= 0.6 is 0 Å². The van der Waals surface area contributed by atoms with E-state index in [9.17, 15) is 5.41 Å². The summed E-state index contributed by atoms with van der Waals surface area (Å²) in [5.41, 5.74) is 9.24. The summed E-state index contributed by atoms with van der Waals surface area (Å²) in [6.45, 7) is 0. The number of para-hydroxylation sites is 4. The molecule has 6 nitrogen and oxygen atoms in total. The number of hydrogen-bond acceptors (Lipinski definition) is 3. The molecule has 0 aliphatic carbocycles. The first-order valence-corrected chi connectivity index (χ1v) is 10.2. The topological polar surface area (TPSA) is 83.4 Å². The van der Waals surface area contributed by atoms with E-state index in [0.29, 0.717) is 0 Å². The lowest BCUT2D eigenvalue weighted by molar-refractivity contribution is 0.596. The molecule has 0 heterocycles. The summed E-state index contributed by atoms with van der Waals surface area (Å²) in [4.78, 5) is 1.76. The van der Waals surface area contributed by atoms with E-state index in [4.69, 9.17) is 11.1 Å². The summed E-state index contributed by atoms with van der Waals surface area (Å²) in [5.74, 6) is -0.262. The monoisotopic (exact) mass is 420 g/mol. The van der Waals surface area contributed by atoms with Gasteiger partial charge in [-0.3, -0.25) is 15.7 Å². The number of nitrogens with two attached hydrogens (primary N) is 1. The van der Waals surface area contributed by atoms with Gasteiger partial charge in [-0.05, 0) is 48.5 Å². The molecule has 0 radical (unpaired) electrons. The molecular formula is C26H24N6. The molecule has 0 atom stereocenters. The SMILES string of the molecule is N=C(N)N(C(=N)N(c1ccccc1)c1ccccc1)N(c1ccccc1)c1ccccc1. The van der Waals surface area contributed by atoms with Gasteiger partial charge >= 0.3 is 0 Å². The Bertz CT molecular complexity index is 1090. The lowest BCUT2D eigenvalue weighted by Gasteiger charge is -2.40. The lowest BCUT2D eigenvalue weighted by Crippen LogP contribution is -2.55. The van der Waals surface area contributed by atoms with Gasteiger partial charge in [0.2, 0.25) is 11.9 Å². The molecule has 158 valence electrons. The first kappa shape index (κ1) is 20.7. The third kappa shape index (κ3) is 4.29. The second kappa shape index (κ2) is 9.49. The minimum absolute atomic E-state index is 0.0163. The van der Waals surface area contributed by atoms with Crippen molar-refractivity contribution in [3.8, 4) is 0 Å². The van der Waals surface area contributed by atoms with Gasteiger partial charge in [-0.2, -0.15) is 5.01 Å². The van der Waals surface area contributed by atoms with E-state index < -0.39 is 0 Å². The van der Waals surface area contributed by atoms with E-state index in [0.717, 1.165) is 22.7 Å². The zero-order valence-corrected chi connectivity index (χ0v) is 17.5. The summed E-state index contributed by atoms with van der Waals surface area (Å²) < 4.78 is 0. The zero-order valence-electron chi connectivity index (χ0n) is 17.5. The van der Waals surface area contributed by atoms with Crippen LogP contribution in [0.25, 0.3) is 0 Å². The number of hydrogen-bond donors (Lipinski definition) is 3. The van der Waals surface area contributed by atoms with Gasteiger partial charge in [0.25, 0.3) is 0 Å². The summed E-state index contributed by atoms with van der Waals surface area (Å²) in [7, 11) is 0. The molecule has 6 heteroatoms. The summed E-state index contributed by atoms with van der Waals surface area (Å²) in [6, 6.07) is 38.4. The molecule has 0 bridgehead atoms. The van der Waals surface area contributed by atoms with Crippen LogP contribution in [0.2, 0.25) is 0 Å². The number of benzene rings is 4. The summed E-state index contributed by atoms with van der Waals surface area (Å²) in [5, 5.41) is 20.8. The Morgan fingerprint density at radius 1 is 0.500 bits per heavy atom. The molecule has 0 saturated heterocycles. The highest BCUT2D eigenvalue weighted by atomic mass is 15.7. The van der Waals surface area contributed by atoms with Crippen LogP contribution in [0.3, 0.4) is 0 Å². The van der Waals surface area contributed by atoms with Crippen LogP contribution in [-0.4, -0.2) is 16.9 Å². The van der Waals surface area contributed by atoms with Gasteiger partial charge < -0.3 is 5.73 Å². The molecule has 4 aromatic rings. The van der Waals surface area contributed by atoms with Crippen LogP contribution in [0.5, 0.6) is 0 Å². The average Bonchev–Trinajstić information content (AvgIpc) is 2.84. The van der Waals surface area contributed by atoms with Gasteiger partial charge in [-0.15, -0.1) is 0 Å². The maximum Gasteiger partial charge on any atom is 0.230 e. The van der Waals surface area contributed by atoms with E-state index >= 15 is 0 Å². The molecular weight excluding hydrogens is 396 g/mol. The Balaban J connectivity index is 1.87. The zero-order chi connectivity index (χ0) is 22.3. The fourth-order valence-electron chi connectivity index (χ4n) is 3.48. The van der Waals surface area contributed by atoms with Crippen LogP contribution in [0.15, 0.2) is 121 Å². The number of hydrazine groups is 1. The maximum atomic E-state index is 9.23. The fourth-order valence-corrected chi connectivity index (χ4v) is 3.48. The largest absolute Gasteiger partial charge is 0.368 e. The molecule has 4 N–H and O–H groups in total. The Morgan fingerprint density at radius 3 is 1.12 bits per heavy atom. The van der Waals surface area contributed by atoms with Crippen LogP contribution in [0.1, 0.15) is 0 Å². The second-order valence-corrected chi connectivity index (χ2v) is 7.01. The van der Waals surface area contributed by atoms with Crippen molar-refractivity contribution in [1.82, 2.24) is 5.01 Å². The molecule has 0 aliphatic rings. The van der Waals surface area contributed by atoms with E-state index in [2.05, 4.69) is 0 Å². The Labute approximate surface area is 187 Å². The summed E-state index contributed by atoms with van der Waals surface area (Å²) >= 11 is 0. The van der Waals surface area contributed by atoms with Crippen molar-refractivity contribution in [3.63, 3.8) is 0 Å². The third-order valence-electron chi connectivity index (χ3n) is 4.87. The molecule has 0 unspecified atom stereocenters. The van der Waals surface area contributed by atoms with Crippen molar-refractivity contribution in [2.24, 2.45) is 5.73 Å². The molecule has 32 heavy (non-hydrogen) atoms. The van der Waals surface area contributed by atoms with E-state index in [1.807, 2.05) is 121 Å². The van der Waals surface area contributed by atoms with Crippen molar-refractivity contribution in [3.05, 3.63) is 121 Å². The van der Waals surface area contributed by atoms with Gasteiger partial charge in [-0.25, -0.2) is 5.01 Å². The van der Waals surface area contributed by atoms with Gasteiger partial charge in [-0.1, -0.05) is 72.8 Å². The molecule has 0 spiro atoms. The minimum Gasteiger partial charge on any atom is -0.368 e. The van der Waals surface area contributed by atoms with E-state index in [1.54, 1.807) is 9.91 Å². The third-order valence-corrected chi connectivity index (χ3v) is 4.87. The van der Waals surface area contributed by atoms with Crippen LogP contribution in [-0.2, 0) is 0 Å². The highest BCUT2D eigenvalue weighted by Crippen LogP contribution is 2.31. The van der Waals surface area contributed by atoms with Gasteiger partial charge in [0, 0.05) is 11.4 Å². The Hall–Kier alpha value is -4.58. The van der Waals surface area contributed by atoms with E-state index in [-0.39, 0.29) is 11.9 Å². The van der Waals surface area contributed by atoms with Crippen molar-refractivity contribution >= 4 is 34.7 Å². The number of guanidine groups is 2. The van der Waals surface area contributed by atoms with Crippen LogP contribution < -0.4 is 15.6 Å². The molecule has 0 aromatic heterocycles. The van der Waals surface area contributed by atoms with Crippen molar-refractivity contribution in [2.45, 2.75) is 0 Å². The normalized spacial score (nSPS) is 10.2. The van der Waals surface area contributed by atoms with Crippen LogP contribution in [0.4, 0.5) is 22.7 Å². The number of anilines is 4. The van der Waals surface area contributed by atoms with Crippen molar-refractivity contribution in [2.75, 3.05) is 9.91 Å². The standard InChI is InChI=1S/C26H24N6/c27-25(28)32(31(23-17-9-3-10-18-23)24-19-11-4-12-20-24)26(29)30(21-13-5-1-6-14-21)22-15-7-2-8-16-22/h1-20,29H,(H3,27,28). The van der Waals surface area contributed by atoms with Gasteiger partial charge in [0.1, 0.15) is 0 Å². The summed E-state index contributed by atoms with van der Waals surface area (Å²) in [6.07, 6.45) is 0. The average molecular weight is 421 g/mol. The smallest absolute Gasteiger partial charge is 0.230 e. The maximum absolute atomic E-state index is 9.23. The number of nitrogens with zero attached hydrogens (tertiary/aromatic N) is 3. The lowest BCUT2D eigenvalue weighted by atomic mass is 10.2.